The summed E-state index contributed by atoms with van der Waals surface area (Å²) in [4.78, 5) is 20.6. The van der Waals surface area contributed by atoms with E-state index in [0.29, 0.717) is 10.5 Å². The first-order valence-corrected chi connectivity index (χ1v) is 8.80. The van der Waals surface area contributed by atoms with Crippen molar-refractivity contribution in [1.82, 2.24) is 14.8 Å². The fraction of sp³-hybridized carbons (Fsp3) is 0.733. The molecule has 0 N–H and O–H groups in total. The van der Waals surface area contributed by atoms with Crippen LogP contribution in [-0.4, -0.2) is 63.4 Å². The minimum absolute atomic E-state index is 0.0138. The van der Waals surface area contributed by atoms with Gasteiger partial charge in [-0.05, 0) is 32.4 Å². The van der Waals surface area contributed by atoms with Crippen molar-refractivity contribution in [3.05, 3.63) is 18.4 Å². The molecular weight excluding hydrogens is 286 g/mol. The summed E-state index contributed by atoms with van der Waals surface area (Å²) in [5.41, 5.74) is 0. The van der Waals surface area contributed by atoms with Crippen molar-refractivity contribution >= 4 is 17.7 Å². The van der Waals surface area contributed by atoms with Gasteiger partial charge >= 0.3 is 0 Å². The van der Waals surface area contributed by atoms with Crippen molar-refractivity contribution in [2.75, 3.05) is 31.9 Å². The maximum Gasteiger partial charge on any atom is 0.291 e. The zero-order chi connectivity index (χ0) is 14.3. The Morgan fingerprint density at radius 2 is 2.14 bits per heavy atom. The van der Waals surface area contributed by atoms with Crippen molar-refractivity contribution in [3.8, 4) is 0 Å². The molecule has 0 aromatic carbocycles. The molecule has 21 heavy (non-hydrogen) atoms. The average molecular weight is 307 g/mol. The van der Waals surface area contributed by atoms with Crippen LogP contribution in [0.2, 0.25) is 0 Å². The number of thioether (sulfide) groups is 1. The van der Waals surface area contributed by atoms with E-state index in [1.165, 1.54) is 57.1 Å². The van der Waals surface area contributed by atoms with Gasteiger partial charge in [-0.1, -0.05) is 6.42 Å². The molecule has 0 radical (unpaired) electrons. The lowest BCUT2D eigenvalue weighted by Crippen LogP contribution is -2.61. The van der Waals surface area contributed by atoms with E-state index in [4.69, 9.17) is 4.42 Å². The fourth-order valence-corrected chi connectivity index (χ4v) is 5.51. The number of aromatic nitrogens is 1. The summed E-state index contributed by atoms with van der Waals surface area (Å²) in [5.74, 6) is 1.57. The maximum absolute atomic E-state index is 12.2. The smallest absolute Gasteiger partial charge is 0.291 e. The zero-order valence-corrected chi connectivity index (χ0v) is 13.0. The predicted octanol–water partition coefficient (Wildman–Crippen LogP) is 1.86. The molecule has 1 amide bonds. The van der Waals surface area contributed by atoms with Gasteiger partial charge in [0.05, 0.1) is 10.9 Å². The van der Waals surface area contributed by atoms with Gasteiger partial charge in [-0.15, -0.1) is 11.8 Å². The van der Waals surface area contributed by atoms with Crippen molar-refractivity contribution in [1.29, 1.82) is 0 Å². The van der Waals surface area contributed by atoms with Gasteiger partial charge in [0.25, 0.3) is 5.91 Å². The molecule has 1 aromatic heterocycles. The Labute approximate surface area is 129 Å². The maximum atomic E-state index is 12.2. The molecule has 6 heteroatoms. The largest absolute Gasteiger partial charge is 0.438 e. The highest BCUT2D eigenvalue weighted by atomic mass is 32.2. The number of nitrogens with zero attached hydrogens (tertiary/aromatic N) is 3. The second kappa shape index (κ2) is 5.32. The van der Waals surface area contributed by atoms with Crippen molar-refractivity contribution in [2.24, 2.45) is 0 Å². The first-order valence-electron chi connectivity index (χ1n) is 7.82. The van der Waals surface area contributed by atoms with E-state index in [9.17, 15) is 4.79 Å². The molecule has 1 atom stereocenters. The topological polar surface area (TPSA) is 49.6 Å². The summed E-state index contributed by atoms with van der Waals surface area (Å²) < 4.78 is 5.41. The normalized spacial score (nSPS) is 28.8. The van der Waals surface area contributed by atoms with Crippen LogP contribution >= 0.6 is 11.8 Å². The van der Waals surface area contributed by atoms with Gasteiger partial charge in [-0.3, -0.25) is 9.69 Å². The molecule has 3 aliphatic heterocycles. The highest BCUT2D eigenvalue weighted by Gasteiger charge is 2.52. The zero-order valence-electron chi connectivity index (χ0n) is 12.2. The molecule has 0 bridgehead atoms. The van der Waals surface area contributed by atoms with E-state index in [1.54, 1.807) is 0 Å². The predicted molar refractivity (Wildman–Crippen MR) is 81.4 cm³/mol. The number of hydrogen-bond acceptors (Lipinski definition) is 5. The van der Waals surface area contributed by atoms with E-state index in [1.807, 2.05) is 4.90 Å². The standard InChI is InChI=1S/C15H21N3O2S/c19-14(13-7-16-11-20-13)18-9-15(10-18)6-12(8-21-15)17-4-2-1-3-5-17/h7,11-12H,1-6,8-10H2. The van der Waals surface area contributed by atoms with E-state index in [-0.39, 0.29) is 5.91 Å². The molecule has 0 saturated carbocycles. The Bertz CT molecular complexity index is 507. The molecule has 4 heterocycles. The molecule has 3 fully saturated rings. The molecule has 114 valence electrons. The number of rotatable bonds is 2. The second-order valence-electron chi connectivity index (χ2n) is 6.48. The summed E-state index contributed by atoms with van der Waals surface area (Å²) >= 11 is 2.07. The SMILES string of the molecule is O=C(c1cnco1)N1CC2(CC(N3CCCCC3)CS2)C1. The Morgan fingerprint density at radius 1 is 1.33 bits per heavy atom. The number of hydrogen-bond donors (Lipinski definition) is 0. The molecular formula is C15H21N3O2S. The first kappa shape index (κ1) is 13.6. The van der Waals surface area contributed by atoms with Gasteiger partial charge in [0.1, 0.15) is 0 Å². The van der Waals surface area contributed by atoms with Crippen LogP contribution in [0.1, 0.15) is 36.2 Å². The molecule has 3 saturated heterocycles. The van der Waals surface area contributed by atoms with Crippen LogP contribution in [0.3, 0.4) is 0 Å². The Balaban J connectivity index is 1.33. The third-order valence-corrected chi connectivity index (χ3v) is 6.57. The van der Waals surface area contributed by atoms with E-state index in [0.717, 1.165) is 19.1 Å². The second-order valence-corrected chi connectivity index (χ2v) is 7.96. The van der Waals surface area contributed by atoms with Crippen molar-refractivity contribution < 1.29 is 9.21 Å². The van der Waals surface area contributed by atoms with Gasteiger partial charge in [-0.2, -0.15) is 0 Å². The Kier molecular flexibility index (Phi) is 3.46. The summed E-state index contributed by atoms with van der Waals surface area (Å²) in [6, 6.07) is 0.720. The highest BCUT2D eigenvalue weighted by molar-refractivity contribution is 8.01. The van der Waals surface area contributed by atoms with Gasteiger partial charge in [-0.25, -0.2) is 4.98 Å². The van der Waals surface area contributed by atoms with E-state index in [2.05, 4.69) is 21.6 Å². The van der Waals surface area contributed by atoms with Gasteiger partial charge in [0, 0.05) is 24.9 Å². The summed E-state index contributed by atoms with van der Waals surface area (Å²) in [7, 11) is 0. The highest BCUT2D eigenvalue weighted by Crippen LogP contribution is 2.47. The molecule has 1 unspecified atom stereocenters. The molecule has 0 aliphatic carbocycles. The van der Waals surface area contributed by atoms with Gasteiger partial charge < -0.3 is 9.32 Å². The lowest BCUT2D eigenvalue weighted by atomic mass is 9.90. The van der Waals surface area contributed by atoms with Gasteiger partial charge in [0.2, 0.25) is 5.76 Å². The number of amides is 1. The third kappa shape index (κ3) is 2.48. The minimum Gasteiger partial charge on any atom is -0.438 e. The average Bonchev–Trinajstić information content (AvgIpc) is 3.15. The van der Waals surface area contributed by atoms with Crippen LogP contribution < -0.4 is 0 Å². The summed E-state index contributed by atoms with van der Waals surface area (Å²) in [6.45, 7) is 4.26. The molecule has 1 spiro atoms. The first-order chi connectivity index (χ1) is 10.3. The number of piperidine rings is 1. The molecule has 1 aromatic rings. The third-order valence-electron chi connectivity index (χ3n) is 4.98. The molecule has 3 aliphatic rings. The van der Waals surface area contributed by atoms with Crippen LogP contribution in [0, 0.1) is 0 Å². The quantitative estimate of drug-likeness (QED) is 0.835. The Morgan fingerprint density at radius 3 is 2.86 bits per heavy atom. The monoisotopic (exact) mass is 307 g/mol. The minimum atomic E-state index is -0.0138. The number of oxazole rings is 1. The van der Waals surface area contributed by atoms with Crippen LogP contribution in [-0.2, 0) is 0 Å². The molecule has 4 rings (SSSR count). The summed E-state index contributed by atoms with van der Waals surface area (Å²) in [6.07, 6.45) is 8.15. The lowest BCUT2D eigenvalue weighted by molar-refractivity contribution is 0.0488. The number of likely N-dealkylation sites (tertiary alicyclic amines) is 2. The van der Waals surface area contributed by atoms with Crippen LogP contribution in [0.25, 0.3) is 0 Å². The van der Waals surface area contributed by atoms with Gasteiger partial charge in [0.15, 0.2) is 6.39 Å². The van der Waals surface area contributed by atoms with E-state index >= 15 is 0 Å². The van der Waals surface area contributed by atoms with Crippen LogP contribution in [0.4, 0.5) is 0 Å². The van der Waals surface area contributed by atoms with E-state index < -0.39 is 0 Å². The van der Waals surface area contributed by atoms with Crippen LogP contribution in [0.5, 0.6) is 0 Å². The van der Waals surface area contributed by atoms with Crippen LogP contribution in [0.15, 0.2) is 17.0 Å². The number of carbonyl (C=O) groups excluding carboxylic acids is 1. The van der Waals surface area contributed by atoms with Crippen molar-refractivity contribution in [2.45, 2.75) is 36.5 Å². The Hall–Kier alpha value is -1.01. The lowest BCUT2D eigenvalue weighted by Gasteiger charge is -2.47. The fourth-order valence-electron chi connectivity index (χ4n) is 3.83. The number of carbonyl (C=O) groups is 1. The van der Waals surface area contributed by atoms with Crippen molar-refractivity contribution in [3.63, 3.8) is 0 Å². The summed E-state index contributed by atoms with van der Waals surface area (Å²) in [5, 5.41) is 0. The molecule has 5 nitrogen and oxygen atoms in total.